The summed E-state index contributed by atoms with van der Waals surface area (Å²) in [5, 5.41) is 12.2. The van der Waals surface area contributed by atoms with E-state index in [1.807, 2.05) is 20.8 Å². The van der Waals surface area contributed by atoms with E-state index in [1.54, 1.807) is 23.9 Å². The van der Waals surface area contributed by atoms with Crippen molar-refractivity contribution in [3.63, 3.8) is 0 Å². The number of aromatic nitrogens is 2. The number of hydrogen-bond acceptors (Lipinski definition) is 5. The minimum Gasteiger partial charge on any atom is -0.392 e. The molecule has 18 heavy (non-hydrogen) atoms. The third-order valence-corrected chi connectivity index (χ3v) is 2.69. The molecule has 0 spiro atoms. The van der Waals surface area contributed by atoms with E-state index in [4.69, 9.17) is 5.73 Å². The highest BCUT2D eigenvalue weighted by molar-refractivity contribution is 5.31. The molecule has 0 aliphatic rings. The Morgan fingerprint density at radius 2 is 2.17 bits per heavy atom. The van der Waals surface area contributed by atoms with E-state index in [0.29, 0.717) is 6.54 Å². The summed E-state index contributed by atoms with van der Waals surface area (Å²) in [6.45, 7) is 7.74. The van der Waals surface area contributed by atoms with Crippen molar-refractivity contribution in [3.8, 4) is 0 Å². The molecule has 0 radical (unpaired) electrons. The lowest BCUT2D eigenvalue weighted by atomic mass is 10.1. The van der Waals surface area contributed by atoms with Gasteiger partial charge in [-0.1, -0.05) is 0 Å². The summed E-state index contributed by atoms with van der Waals surface area (Å²) < 4.78 is 1.61. The number of nitrogens with two attached hydrogens (primary N) is 1. The SMILES string of the molecule is CC(O)C(N)CNc1nccn(C(C)(C)C)c1=O. The molecule has 0 saturated heterocycles. The van der Waals surface area contributed by atoms with Crippen LogP contribution in [0.1, 0.15) is 27.7 Å². The van der Waals surface area contributed by atoms with Gasteiger partial charge in [0.2, 0.25) is 0 Å². The first-order chi connectivity index (χ1) is 8.23. The maximum Gasteiger partial charge on any atom is 0.293 e. The number of rotatable bonds is 4. The van der Waals surface area contributed by atoms with E-state index >= 15 is 0 Å². The van der Waals surface area contributed by atoms with E-state index in [0.717, 1.165) is 0 Å². The van der Waals surface area contributed by atoms with Crippen LogP contribution in [0, 0.1) is 0 Å². The van der Waals surface area contributed by atoms with Gasteiger partial charge < -0.3 is 20.7 Å². The second-order valence-electron chi connectivity index (χ2n) is 5.41. The van der Waals surface area contributed by atoms with Gasteiger partial charge in [-0.15, -0.1) is 0 Å². The molecule has 0 saturated carbocycles. The summed E-state index contributed by atoms with van der Waals surface area (Å²) in [6.07, 6.45) is 2.59. The zero-order valence-electron chi connectivity index (χ0n) is 11.3. The molecule has 0 aliphatic heterocycles. The molecule has 0 amide bonds. The fraction of sp³-hybridized carbons (Fsp3) is 0.667. The molecule has 1 aromatic heterocycles. The molecule has 1 rings (SSSR count). The van der Waals surface area contributed by atoms with Crippen molar-refractivity contribution in [2.75, 3.05) is 11.9 Å². The molecule has 2 atom stereocenters. The number of nitrogens with one attached hydrogen (secondary N) is 1. The van der Waals surface area contributed by atoms with Gasteiger partial charge in [0.1, 0.15) is 0 Å². The Hall–Kier alpha value is -1.40. The van der Waals surface area contributed by atoms with Gasteiger partial charge in [0.25, 0.3) is 5.56 Å². The van der Waals surface area contributed by atoms with Crippen molar-refractivity contribution >= 4 is 5.82 Å². The van der Waals surface area contributed by atoms with Crippen LogP contribution in [0.15, 0.2) is 17.2 Å². The van der Waals surface area contributed by atoms with E-state index in [1.165, 1.54) is 0 Å². The topological polar surface area (TPSA) is 93.2 Å². The van der Waals surface area contributed by atoms with Crippen LogP contribution >= 0.6 is 0 Å². The molecule has 6 nitrogen and oxygen atoms in total. The van der Waals surface area contributed by atoms with Gasteiger partial charge in [0.15, 0.2) is 5.82 Å². The minimum atomic E-state index is -0.633. The van der Waals surface area contributed by atoms with Crippen LogP contribution < -0.4 is 16.6 Å². The summed E-state index contributed by atoms with van der Waals surface area (Å²) in [5.41, 5.74) is 5.19. The van der Waals surface area contributed by atoms with Crippen molar-refractivity contribution in [1.29, 1.82) is 0 Å². The molecule has 0 bridgehead atoms. The zero-order valence-corrected chi connectivity index (χ0v) is 11.3. The van der Waals surface area contributed by atoms with E-state index < -0.39 is 12.1 Å². The van der Waals surface area contributed by atoms with Crippen molar-refractivity contribution in [3.05, 3.63) is 22.7 Å². The molecule has 2 unspecified atom stereocenters. The van der Waals surface area contributed by atoms with Gasteiger partial charge in [-0.3, -0.25) is 4.79 Å². The lowest BCUT2D eigenvalue weighted by Crippen LogP contribution is -2.41. The quantitative estimate of drug-likeness (QED) is 0.709. The lowest BCUT2D eigenvalue weighted by molar-refractivity contribution is 0.168. The Bertz CT molecular complexity index is 448. The van der Waals surface area contributed by atoms with Gasteiger partial charge >= 0.3 is 0 Å². The molecular weight excluding hydrogens is 232 g/mol. The molecule has 0 aliphatic carbocycles. The van der Waals surface area contributed by atoms with Crippen LogP contribution in [-0.2, 0) is 5.54 Å². The third-order valence-electron chi connectivity index (χ3n) is 2.69. The second kappa shape index (κ2) is 5.49. The van der Waals surface area contributed by atoms with Crippen LogP contribution in [-0.4, -0.2) is 33.3 Å². The maximum absolute atomic E-state index is 12.1. The summed E-state index contributed by atoms with van der Waals surface area (Å²) in [4.78, 5) is 16.1. The van der Waals surface area contributed by atoms with Crippen LogP contribution in [0.5, 0.6) is 0 Å². The minimum absolute atomic E-state index is 0.192. The van der Waals surface area contributed by atoms with Gasteiger partial charge in [0.05, 0.1) is 6.10 Å². The highest BCUT2D eigenvalue weighted by atomic mass is 16.3. The Labute approximate surface area is 107 Å². The van der Waals surface area contributed by atoms with Crippen LogP contribution in [0.3, 0.4) is 0 Å². The van der Waals surface area contributed by atoms with Crippen molar-refractivity contribution in [2.24, 2.45) is 5.73 Å². The van der Waals surface area contributed by atoms with Crippen LogP contribution in [0.2, 0.25) is 0 Å². The van der Waals surface area contributed by atoms with E-state index in [2.05, 4.69) is 10.3 Å². The Morgan fingerprint density at radius 3 is 2.67 bits per heavy atom. The highest BCUT2D eigenvalue weighted by Crippen LogP contribution is 2.10. The van der Waals surface area contributed by atoms with E-state index in [9.17, 15) is 9.90 Å². The molecule has 0 fully saturated rings. The summed E-state index contributed by atoms with van der Waals surface area (Å²) >= 11 is 0. The average molecular weight is 254 g/mol. The Balaban J connectivity index is 2.89. The number of hydrogen-bond donors (Lipinski definition) is 3. The highest BCUT2D eigenvalue weighted by Gasteiger charge is 2.17. The molecular formula is C12H22N4O2. The fourth-order valence-corrected chi connectivity index (χ4v) is 1.45. The second-order valence-corrected chi connectivity index (χ2v) is 5.41. The van der Waals surface area contributed by atoms with Crippen LogP contribution in [0.25, 0.3) is 0 Å². The molecule has 0 aromatic carbocycles. The van der Waals surface area contributed by atoms with Crippen LogP contribution in [0.4, 0.5) is 5.82 Å². The maximum atomic E-state index is 12.1. The molecule has 6 heteroatoms. The standard InChI is InChI=1S/C12H22N4O2/c1-8(17)9(13)7-15-10-11(18)16(6-5-14-10)12(2,3)4/h5-6,8-9,17H,7,13H2,1-4H3,(H,14,15). The first-order valence-electron chi connectivity index (χ1n) is 5.99. The van der Waals surface area contributed by atoms with Crippen molar-refractivity contribution in [2.45, 2.75) is 45.4 Å². The largest absolute Gasteiger partial charge is 0.392 e. The Morgan fingerprint density at radius 1 is 1.56 bits per heavy atom. The predicted molar refractivity (Wildman–Crippen MR) is 71.6 cm³/mol. The monoisotopic (exact) mass is 254 g/mol. The lowest BCUT2D eigenvalue weighted by Gasteiger charge is -2.23. The van der Waals surface area contributed by atoms with Gasteiger partial charge in [0, 0.05) is 30.5 Å². The Kier molecular flexibility index (Phi) is 4.48. The van der Waals surface area contributed by atoms with Gasteiger partial charge in [-0.05, 0) is 27.7 Å². The first kappa shape index (κ1) is 14.7. The normalized spacial score (nSPS) is 15.2. The predicted octanol–water partition coefficient (Wildman–Crippen LogP) is 0.118. The van der Waals surface area contributed by atoms with Gasteiger partial charge in [-0.2, -0.15) is 0 Å². The summed E-state index contributed by atoms with van der Waals surface area (Å²) in [7, 11) is 0. The van der Waals surface area contributed by atoms with Crippen molar-refractivity contribution in [1.82, 2.24) is 9.55 Å². The number of aliphatic hydroxyl groups is 1. The number of nitrogens with zero attached hydrogens (tertiary/aromatic N) is 2. The zero-order chi connectivity index (χ0) is 13.9. The third kappa shape index (κ3) is 3.54. The first-order valence-corrected chi connectivity index (χ1v) is 5.99. The van der Waals surface area contributed by atoms with Gasteiger partial charge in [-0.25, -0.2) is 4.98 Å². The summed E-state index contributed by atoms with van der Waals surface area (Å²) in [5.74, 6) is 0.253. The number of aliphatic hydroxyl groups excluding tert-OH is 1. The average Bonchev–Trinajstić information content (AvgIpc) is 2.25. The molecule has 102 valence electrons. The van der Waals surface area contributed by atoms with Crippen molar-refractivity contribution < 1.29 is 5.11 Å². The molecule has 1 aromatic rings. The fourth-order valence-electron chi connectivity index (χ4n) is 1.45. The van der Waals surface area contributed by atoms with E-state index in [-0.39, 0.29) is 16.9 Å². The number of anilines is 1. The smallest absolute Gasteiger partial charge is 0.293 e. The summed E-state index contributed by atoms with van der Waals surface area (Å²) in [6, 6.07) is -0.436. The molecule has 4 N–H and O–H groups in total. The molecule has 1 heterocycles.